The lowest BCUT2D eigenvalue weighted by atomic mass is 10.0. The molecule has 5 heteroatoms. The molecule has 0 fully saturated rings. The van der Waals surface area contributed by atoms with Gasteiger partial charge >= 0.3 is 0 Å². The Hall–Kier alpha value is -1.52. The number of hydrogen-bond acceptors (Lipinski definition) is 3. The number of furan rings is 1. The van der Waals surface area contributed by atoms with E-state index in [1.54, 1.807) is 18.2 Å². The summed E-state index contributed by atoms with van der Waals surface area (Å²) in [7, 11) is 0. The standard InChI is InChI=1S/C15H12Cl2N2O/c16-10-5-3-6-11(17)14(10)15(19-18)13-8-9-4-1-2-7-12(9)20-13/h1-8,15,19H,18H2. The minimum absolute atomic E-state index is 0.399. The van der Waals surface area contributed by atoms with Gasteiger partial charge in [-0.3, -0.25) is 5.84 Å². The van der Waals surface area contributed by atoms with Crippen molar-refractivity contribution < 1.29 is 4.42 Å². The van der Waals surface area contributed by atoms with E-state index in [1.807, 2.05) is 30.3 Å². The van der Waals surface area contributed by atoms with Crippen molar-refractivity contribution in [3.63, 3.8) is 0 Å². The number of hydrogen-bond donors (Lipinski definition) is 2. The highest BCUT2D eigenvalue weighted by atomic mass is 35.5. The molecule has 1 atom stereocenters. The smallest absolute Gasteiger partial charge is 0.134 e. The maximum absolute atomic E-state index is 6.23. The molecule has 0 spiro atoms. The van der Waals surface area contributed by atoms with E-state index in [0.717, 1.165) is 11.0 Å². The van der Waals surface area contributed by atoms with Crippen LogP contribution in [0.3, 0.4) is 0 Å². The van der Waals surface area contributed by atoms with Gasteiger partial charge in [0.2, 0.25) is 0 Å². The van der Waals surface area contributed by atoms with E-state index in [1.165, 1.54) is 0 Å². The van der Waals surface area contributed by atoms with Crippen LogP contribution in [0, 0.1) is 0 Å². The third-order valence-corrected chi connectivity index (χ3v) is 3.84. The Kier molecular flexibility index (Phi) is 3.68. The van der Waals surface area contributed by atoms with Gasteiger partial charge in [0.15, 0.2) is 0 Å². The number of halogens is 2. The molecular formula is C15H12Cl2N2O. The molecule has 1 unspecified atom stereocenters. The van der Waals surface area contributed by atoms with Gasteiger partial charge in [-0.15, -0.1) is 0 Å². The Balaban J connectivity index is 2.14. The number of para-hydroxylation sites is 1. The van der Waals surface area contributed by atoms with Gasteiger partial charge in [-0.1, -0.05) is 47.5 Å². The molecule has 0 bridgehead atoms. The number of nitrogens with two attached hydrogens (primary N) is 1. The Morgan fingerprint density at radius 2 is 1.70 bits per heavy atom. The second kappa shape index (κ2) is 5.46. The summed E-state index contributed by atoms with van der Waals surface area (Å²) in [6, 6.07) is 14.6. The monoisotopic (exact) mass is 306 g/mol. The predicted molar refractivity (Wildman–Crippen MR) is 81.8 cm³/mol. The van der Waals surface area contributed by atoms with E-state index in [2.05, 4.69) is 5.43 Å². The highest BCUT2D eigenvalue weighted by Gasteiger charge is 2.22. The largest absolute Gasteiger partial charge is 0.459 e. The van der Waals surface area contributed by atoms with Gasteiger partial charge in [0.25, 0.3) is 0 Å². The Labute approximate surface area is 126 Å². The van der Waals surface area contributed by atoms with E-state index >= 15 is 0 Å². The van der Waals surface area contributed by atoms with Gasteiger partial charge in [0.1, 0.15) is 17.4 Å². The maximum Gasteiger partial charge on any atom is 0.134 e. The Morgan fingerprint density at radius 1 is 1.00 bits per heavy atom. The molecule has 0 aliphatic carbocycles. The lowest BCUT2D eigenvalue weighted by Crippen LogP contribution is -2.29. The summed E-state index contributed by atoms with van der Waals surface area (Å²) in [5, 5.41) is 2.09. The van der Waals surface area contributed by atoms with Crippen LogP contribution in [0.5, 0.6) is 0 Å². The van der Waals surface area contributed by atoms with E-state index < -0.39 is 6.04 Å². The van der Waals surface area contributed by atoms with Gasteiger partial charge < -0.3 is 4.42 Å². The van der Waals surface area contributed by atoms with Crippen molar-refractivity contribution in [2.75, 3.05) is 0 Å². The zero-order chi connectivity index (χ0) is 14.1. The molecule has 0 aliphatic rings. The summed E-state index contributed by atoms with van der Waals surface area (Å²) in [6.07, 6.45) is 0. The van der Waals surface area contributed by atoms with Crippen LogP contribution < -0.4 is 11.3 Å². The lowest BCUT2D eigenvalue weighted by molar-refractivity contribution is 0.477. The van der Waals surface area contributed by atoms with Crippen molar-refractivity contribution in [1.82, 2.24) is 5.43 Å². The van der Waals surface area contributed by atoms with E-state index in [0.29, 0.717) is 21.4 Å². The average Bonchev–Trinajstić information content (AvgIpc) is 2.86. The summed E-state index contributed by atoms with van der Waals surface area (Å²) in [4.78, 5) is 0. The first-order valence-corrected chi connectivity index (χ1v) is 6.85. The van der Waals surface area contributed by atoms with Crippen molar-refractivity contribution in [2.45, 2.75) is 6.04 Å². The normalized spacial score (nSPS) is 12.8. The fourth-order valence-electron chi connectivity index (χ4n) is 2.24. The molecule has 1 aromatic heterocycles. The molecule has 3 N–H and O–H groups in total. The molecule has 0 aliphatic heterocycles. The van der Waals surface area contributed by atoms with Gasteiger partial charge in [-0.25, -0.2) is 5.43 Å². The van der Waals surface area contributed by atoms with Crippen LogP contribution in [0.1, 0.15) is 17.4 Å². The predicted octanol–water partition coefficient (Wildman–Crippen LogP) is 4.29. The summed E-state index contributed by atoms with van der Waals surface area (Å²) in [5.74, 6) is 6.34. The third kappa shape index (κ3) is 2.30. The van der Waals surface area contributed by atoms with Crippen LogP contribution in [0.15, 0.2) is 52.9 Å². The molecular weight excluding hydrogens is 295 g/mol. The minimum atomic E-state index is -0.399. The van der Waals surface area contributed by atoms with Gasteiger partial charge in [-0.05, 0) is 24.3 Å². The second-order valence-electron chi connectivity index (χ2n) is 4.42. The van der Waals surface area contributed by atoms with E-state index in [4.69, 9.17) is 33.5 Å². The molecule has 2 aromatic carbocycles. The van der Waals surface area contributed by atoms with Crippen molar-refractivity contribution in [3.8, 4) is 0 Å². The number of benzene rings is 2. The first kappa shape index (κ1) is 13.5. The Bertz CT molecular complexity index is 701. The van der Waals surface area contributed by atoms with Crippen LogP contribution in [0.4, 0.5) is 0 Å². The molecule has 102 valence electrons. The first-order chi connectivity index (χ1) is 9.70. The van der Waals surface area contributed by atoms with Crippen LogP contribution in [-0.4, -0.2) is 0 Å². The zero-order valence-electron chi connectivity index (χ0n) is 10.4. The molecule has 0 radical (unpaired) electrons. The van der Waals surface area contributed by atoms with Crippen LogP contribution in [0.2, 0.25) is 10.0 Å². The fourth-order valence-corrected chi connectivity index (χ4v) is 2.85. The highest BCUT2D eigenvalue weighted by Crippen LogP contribution is 2.35. The first-order valence-electron chi connectivity index (χ1n) is 6.09. The van der Waals surface area contributed by atoms with Crippen molar-refractivity contribution >= 4 is 34.2 Å². The summed E-state index contributed by atoms with van der Waals surface area (Å²) in [6.45, 7) is 0. The SMILES string of the molecule is NNC(c1cc2ccccc2o1)c1c(Cl)cccc1Cl. The van der Waals surface area contributed by atoms with E-state index in [9.17, 15) is 0 Å². The molecule has 0 amide bonds. The maximum atomic E-state index is 6.23. The summed E-state index contributed by atoms with van der Waals surface area (Å²) >= 11 is 12.5. The lowest BCUT2D eigenvalue weighted by Gasteiger charge is -2.16. The highest BCUT2D eigenvalue weighted by molar-refractivity contribution is 6.36. The topological polar surface area (TPSA) is 51.2 Å². The number of rotatable bonds is 3. The van der Waals surface area contributed by atoms with Crippen molar-refractivity contribution in [1.29, 1.82) is 0 Å². The van der Waals surface area contributed by atoms with Crippen LogP contribution in [-0.2, 0) is 0 Å². The van der Waals surface area contributed by atoms with Gasteiger partial charge in [0, 0.05) is 21.0 Å². The molecule has 3 aromatic rings. The van der Waals surface area contributed by atoms with Gasteiger partial charge in [-0.2, -0.15) is 0 Å². The fraction of sp³-hybridized carbons (Fsp3) is 0.0667. The average molecular weight is 307 g/mol. The Morgan fingerprint density at radius 3 is 2.35 bits per heavy atom. The second-order valence-corrected chi connectivity index (χ2v) is 5.24. The van der Waals surface area contributed by atoms with Crippen molar-refractivity contribution in [3.05, 3.63) is 69.9 Å². The molecule has 3 rings (SSSR count). The minimum Gasteiger partial charge on any atom is -0.459 e. The quantitative estimate of drug-likeness (QED) is 0.560. The number of nitrogens with one attached hydrogen (secondary N) is 1. The summed E-state index contributed by atoms with van der Waals surface area (Å²) < 4.78 is 5.83. The molecule has 3 nitrogen and oxygen atoms in total. The molecule has 20 heavy (non-hydrogen) atoms. The summed E-state index contributed by atoms with van der Waals surface area (Å²) in [5.41, 5.74) is 4.22. The molecule has 0 saturated heterocycles. The van der Waals surface area contributed by atoms with Crippen LogP contribution in [0.25, 0.3) is 11.0 Å². The zero-order valence-corrected chi connectivity index (χ0v) is 11.9. The van der Waals surface area contributed by atoms with Gasteiger partial charge in [0.05, 0.1) is 0 Å². The number of fused-ring (bicyclic) bond motifs is 1. The van der Waals surface area contributed by atoms with Crippen molar-refractivity contribution in [2.24, 2.45) is 5.84 Å². The van der Waals surface area contributed by atoms with Crippen LogP contribution >= 0.6 is 23.2 Å². The number of hydrazine groups is 1. The molecule has 1 heterocycles. The van der Waals surface area contributed by atoms with E-state index in [-0.39, 0.29) is 0 Å². The third-order valence-electron chi connectivity index (χ3n) is 3.18. The molecule has 0 saturated carbocycles.